The predicted molar refractivity (Wildman–Crippen MR) is 39.2 cm³/mol. The van der Waals surface area contributed by atoms with Gasteiger partial charge in [-0.3, -0.25) is 5.73 Å². The van der Waals surface area contributed by atoms with Gasteiger partial charge in [0.25, 0.3) is 0 Å². The van der Waals surface area contributed by atoms with Crippen molar-refractivity contribution < 1.29 is 13.2 Å². The quantitative estimate of drug-likeness (QED) is 0.605. The summed E-state index contributed by atoms with van der Waals surface area (Å²) in [6.07, 6.45) is -4.39. The molecule has 0 unspecified atom stereocenters. The van der Waals surface area contributed by atoms with E-state index in [-0.39, 0.29) is 10.7 Å². The number of halogens is 4. The van der Waals surface area contributed by atoms with E-state index >= 15 is 0 Å². The lowest BCUT2D eigenvalue weighted by molar-refractivity contribution is -0.137. The van der Waals surface area contributed by atoms with Crippen LogP contribution in [0, 0.1) is 0 Å². The molecular formula is C7H4ClF3N. The molecule has 0 heterocycles. The van der Waals surface area contributed by atoms with Gasteiger partial charge in [-0.1, -0.05) is 11.6 Å². The Balaban J connectivity index is 3.14. The highest BCUT2D eigenvalue weighted by Crippen LogP contribution is 2.32. The zero-order valence-corrected chi connectivity index (χ0v) is 6.50. The predicted octanol–water partition coefficient (Wildman–Crippen LogP) is 3.27. The molecule has 0 spiro atoms. The Morgan fingerprint density at radius 1 is 1.25 bits per heavy atom. The van der Waals surface area contributed by atoms with Crippen LogP contribution in [-0.2, 0) is 6.18 Å². The third-order valence-electron chi connectivity index (χ3n) is 1.30. The monoisotopic (exact) mass is 194 g/mol. The Hall–Kier alpha value is -0.900. The number of rotatable bonds is 0. The minimum Gasteiger partial charge on any atom is -0.299 e. The fraction of sp³-hybridized carbons (Fsp3) is 0.143. The van der Waals surface area contributed by atoms with Crippen LogP contribution in [-0.4, -0.2) is 0 Å². The first-order valence-corrected chi connectivity index (χ1v) is 3.37. The van der Waals surface area contributed by atoms with Crippen LogP contribution in [0.2, 0.25) is 5.02 Å². The van der Waals surface area contributed by atoms with E-state index in [0.29, 0.717) is 0 Å². The first-order chi connectivity index (χ1) is 5.41. The molecule has 1 rings (SSSR count). The van der Waals surface area contributed by atoms with E-state index in [4.69, 9.17) is 17.3 Å². The molecule has 65 valence electrons. The average Bonchev–Trinajstić information content (AvgIpc) is 1.92. The van der Waals surface area contributed by atoms with E-state index in [1.54, 1.807) is 0 Å². The number of alkyl halides is 3. The smallest absolute Gasteiger partial charge is 0.299 e. The molecule has 1 aromatic carbocycles. The lowest BCUT2D eigenvalue weighted by Crippen LogP contribution is -2.04. The minimum absolute atomic E-state index is 0.107. The summed E-state index contributed by atoms with van der Waals surface area (Å²) in [4.78, 5) is 0. The molecule has 0 fully saturated rings. The summed E-state index contributed by atoms with van der Waals surface area (Å²) in [5.41, 5.74) is 6.08. The maximum atomic E-state index is 12.0. The Morgan fingerprint density at radius 2 is 1.83 bits per heavy atom. The van der Waals surface area contributed by atoms with Gasteiger partial charge in [0.2, 0.25) is 0 Å². The van der Waals surface area contributed by atoms with Gasteiger partial charge in [0, 0.05) is 0 Å². The van der Waals surface area contributed by atoms with E-state index in [1.165, 1.54) is 0 Å². The molecule has 1 radical (unpaired) electrons. The molecule has 0 saturated heterocycles. The van der Waals surface area contributed by atoms with Crippen LogP contribution in [0.25, 0.3) is 0 Å². The summed E-state index contributed by atoms with van der Waals surface area (Å²) in [6.45, 7) is 0. The summed E-state index contributed by atoms with van der Waals surface area (Å²) in [6, 6.07) is 2.59. The highest BCUT2D eigenvalue weighted by molar-refractivity contribution is 6.32. The Labute approximate surface area is 71.9 Å². The van der Waals surface area contributed by atoms with Crippen molar-refractivity contribution in [3.8, 4) is 0 Å². The molecule has 0 aliphatic carbocycles. The molecule has 0 atom stereocenters. The molecule has 0 amide bonds. The number of hydrogen-bond acceptors (Lipinski definition) is 0. The van der Waals surface area contributed by atoms with Crippen LogP contribution in [0.15, 0.2) is 18.2 Å². The van der Waals surface area contributed by atoms with Gasteiger partial charge >= 0.3 is 6.18 Å². The van der Waals surface area contributed by atoms with Crippen LogP contribution in [0.4, 0.5) is 18.9 Å². The minimum atomic E-state index is -4.39. The molecule has 0 aliphatic rings. The van der Waals surface area contributed by atoms with Gasteiger partial charge in [-0.05, 0) is 18.2 Å². The summed E-state index contributed by atoms with van der Waals surface area (Å²) >= 11 is 5.33. The zero-order chi connectivity index (χ0) is 9.35. The van der Waals surface area contributed by atoms with Crippen molar-refractivity contribution in [2.75, 3.05) is 0 Å². The third kappa shape index (κ3) is 1.82. The number of hydrogen-bond donors (Lipinski definition) is 0. The van der Waals surface area contributed by atoms with Crippen molar-refractivity contribution in [2.45, 2.75) is 6.18 Å². The summed E-state index contributed by atoms with van der Waals surface area (Å²) < 4.78 is 35.9. The zero-order valence-electron chi connectivity index (χ0n) is 5.74. The molecule has 0 saturated carbocycles. The molecule has 0 aliphatic heterocycles. The van der Waals surface area contributed by atoms with Gasteiger partial charge in [-0.15, -0.1) is 0 Å². The summed E-state index contributed by atoms with van der Waals surface area (Å²) in [7, 11) is 0. The normalized spacial score (nSPS) is 11.7. The molecule has 1 nitrogen and oxygen atoms in total. The number of nitrogens with one attached hydrogen (secondary N) is 1. The highest BCUT2D eigenvalue weighted by atomic mass is 35.5. The lowest BCUT2D eigenvalue weighted by Gasteiger charge is -2.06. The first-order valence-electron chi connectivity index (χ1n) is 2.99. The van der Waals surface area contributed by atoms with Gasteiger partial charge < -0.3 is 0 Å². The van der Waals surface area contributed by atoms with Crippen LogP contribution in [0.1, 0.15) is 5.56 Å². The van der Waals surface area contributed by atoms with Crippen LogP contribution in [0.5, 0.6) is 0 Å². The van der Waals surface area contributed by atoms with Gasteiger partial charge in [0.1, 0.15) is 0 Å². The maximum Gasteiger partial charge on any atom is 0.416 e. The van der Waals surface area contributed by atoms with Crippen LogP contribution >= 0.6 is 11.6 Å². The van der Waals surface area contributed by atoms with Gasteiger partial charge in [-0.2, -0.15) is 13.2 Å². The van der Waals surface area contributed by atoms with E-state index < -0.39 is 11.7 Å². The van der Waals surface area contributed by atoms with Crippen molar-refractivity contribution in [3.63, 3.8) is 0 Å². The van der Waals surface area contributed by atoms with E-state index in [0.717, 1.165) is 18.2 Å². The largest absolute Gasteiger partial charge is 0.416 e. The maximum absolute atomic E-state index is 12.0. The van der Waals surface area contributed by atoms with Crippen LogP contribution < -0.4 is 5.73 Å². The lowest BCUT2D eigenvalue weighted by atomic mass is 10.2. The third-order valence-corrected chi connectivity index (χ3v) is 1.61. The molecular weight excluding hydrogens is 191 g/mol. The molecule has 12 heavy (non-hydrogen) atoms. The molecule has 1 N–H and O–H groups in total. The Morgan fingerprint density at radius 3 is 2.25 bits per heavy atom. The van der Waals surface area contributed by atoms with E-state index in [9.17, 15) is 13.2 Å². The fourth-order valence-corrected chi connectivity index (χ4v) is 0.872. The highest BCUT2D eigenvalue weighted by Gasteiger charge is 2.30. The molecule has 0 aromatic heterocycles. The van der Waals surface area contributed by atoms with Gasteiger partial charge in [0.05, 0.1) is 16.3 Å². The SMILES string of the molecule is [NH]c1ccc(C(F)(F)F)cc1Cl. The molecule has 0 bridgehead atoms. The first kappa shape index (κ1) is 9.19. The molecule has 1 aromatic rings. The second-order valence-electron chi connectivity index (χ2n) is 2.19. The fourth-order valence-electron chi connectivity index (χ4n) is 0.691. The summed E-state index contributed by atoms with van der Waals surface area (Å²) in [5.74, 6) is 0. The van der Waals surface area contributed by atoms with Crippen molar-refractivity contribution in [3.05, 3.63) is 28.8 Å². The average molecular weight is 195 g/mol. The van der Waals surface area contributed by atoms with E-state index in [1.807, 2.05) is 0 Å². The standard InChI is InChI=1S/C7H4ClF3N/c8-5-3-4(7(9,10)11)1-2-6(5)12/h1-3,12H. The number of benzene rings is 1. The van der Waals surface area contributed by atoms with Gasteiger partial charge in [0.15, 0.2) is 0 Å². The topological polar surface area (TPSA) is 23.8 Å². The van der Waals surface area contributed by atoms with Crippen molar-refractivity contribution in [1.82, 2.24) is 5.73 Å². The van der Waals surface area contributed by atoms with Crippen molar-refractivity contribution in [2.24, 2.45) is 0 Å². The Kier molecular flexibility index (Phi) is 2.19. The van der Waals surface area contributed by atoms with Crippen molar-refractivity contribution in [1.29, 1.82) is 0 Å². The second kappa shape index (κ2) is 2.86. The van der Waals surface area contributed by atoms with Crippen molar-refractivity contribution >= 4 is 17.3 Å². The molecule has 5 heteroatoms. The Bertz CT molecular complexity index is 295. The van der Waals surface area contributed by atoms with Crippen LogP contribution in [0.3, 0.4) is 0 Å². The van der Waals surface area contributed by atoms with Gasteiger partial charge in [-0.25, -0.2) is 0 Å². The summed E-state index contributed by atoms with van der Waals surface area (Å²) in [5, 5.41) is -0.190. The van der Waals surface area contributed by atoms with E-state index in [2.05, 4.69) is 0 Å². The second-order valence-corrected chi connectivity index (χ2v) is 2.60.